The Kier molecular flexibility index (Phi) is 6.31. The average Bonchev–Trinajstić information content (AvgIpc) is 2.66. The predicted octanol–water partition coefficient (Wildman–Crippen LogP) is 4.60. The van der Waals surface area contributed by atoms with Gasteiger partial charge >= 0.3 is 6.09 Å². The number of pyridine rings is 1. The molecule has 0 saturated heterocycles. The van der Waals surface area contributed by atoms with Crippen molar-refractivity contribution in [2.75, 3.05) is 5.32 Å². The van der Waals surface area contributed by atoms with E-state index in [1.807, 2.05) is 0 Å². The van der Waals surface area contributed by atoms with Crippen molar-refractivity contribution in [3.63, 3.8) is 0 Å². The molecule has 2 amide bonds. The van der Waals surface area contributed by atoms with E-state index in [9.17, 15) is 18.8 Å². The van der Waals surface area contributed by atoms with E-state index in [4.69, 9.17) is 16.3 Å². The van der Waals surface area contributed by atoms with Crippen molar-refractivity contribution in [1.29, 1.82) is 0 Å². The SMILES string of the molecule is CC(C)(C)OC(=O)Nc1cc(F)c2[nH]cc(C(=O)NCc3ccc(Cl)cc3)c(=O)c2c1. The molecule has 0 aliphatic heterocycles. The summed E-state index contributed by atoms with van der Waals surface area (Å²) in [6.07, 6.45) is 0.367. The molecular formula is C22H21ClFN3O4. The van der Waals surface area contributed by atoms with Gasteiger partial charge in [-0.1, -0.05) is 23.7 Å². The Balaban J connectivity index is 1.85. The fraction of sp³-hybridized carbons (Fsp3) is 0.227. The molecule has 0 unspecified atom stereocenters. The number of benzene rings is 2. The van der Waals surface area contributed by atoms with Gasteiger partial charge in [-0.05, 0) is 50.6 Å². The molecule has 0 saturated carbocycles. The Hall–Kier alpha value is -3.39. The quantitative estimate of drug-likeness (QED) is 0.546. The van der Waals surface area contributed by atoms with Gasteiger partial charge in [-0.3, -0.25) is 14.9 Å². The van der Waals surface area contributed by atoms with E-state index < -0.39 is 28.8 Å². The molecule has 0 radical (unpaired) electrons. The zero-order chi connectivity index (χ0) is 22.8. The Morgan fingerprint density at radius 1 is 1.16 bits per heavy atom. The van der Waals surface area contributed by atoms with Crippen molar-refractivity contribution < 1.29 is 18.7 Å². The first-order valence-corrected chi connectivity index (χ1v) is 9.79. The summed E-state index contributed by atoms with van der Waals surface area (Å²) in [6.45, 7) is 5.25. The standard InChI is InChI=1S/C22H21ClFN3O4/c1-22(2,3)31-21(30)27-14-8-15-18(17(24)9-14)25-11-16(19(15)28)20(29)26-10-12-4-6-13(23)7-5-12/h4-9,11H,10H2,1-3H3,(H,25,28)(H,26,29)(H,27,30). The summed E-state index contributed by atoms with van der Waals surface area (Å²) >= 11 is 5.84. The third kappa shape index (κ3) is 5.61. The second kappa shape index (κ2) is 8.77. The monoisotopic (exact) mass is 445 g/mol. The summed E-state index contributed by atoms with van der Waals surface area (Å²) in [4.78, 5) is 39.9. The molecule has 3 N–H and O–H groups in total. The number of fused-ring (bicyclic) bond motifs is 1. The topological polar surface area (TPSA) is 100 Å². The van der Waals surface area contributed by atoms with E-state index in [2.05, 4.69) is 15.6 Å². The molecule has 3 aromatic rings. The second-order valence-corrected chi connectivity index (χ2v) is 8.28. The second-order valence-electron chi connectivity index (χ2n) is 7.85. The highest BCUT2D eigenvalue weighted by Crippen LogP contribution is 2.20. The number of nitrogens with one attached hydrogen (secondary N) is 3. The lowest BCUT2D eigenvalue weighted by atomic mass is 10.1. The van der Waals surface area contributed by atoms with Gasteiger partial charge in [-0.15, -0.1) is 0 Å². The number of aromatic amines is 1. The summed E-state index contributed by atoms with van der Waals surface area (Å²) in [6, 6.07) is 9.22. The van der Waals surface area contributed by atoms with Gasteiger partial charge in [0.05, 0.1) is 10.9 Å². The lowest BCUT2D eigenvalue weighted by Gasteiger charge is -2.19. The molecule has 0 spiro atoms. The van der Waals surface area contributed by atoms with Crippen LogP contribution >= 0.6 is 11.6 Å². The van der Waals surface area contributed by atoms with Crippen molar-refractivity contribution in [2.24, 2.45) is 0 Å². The van der Waals surface area contributed by atoms with Crippen LogP contribution in [-0.4, -0.2) is 22.6 Å². The number of H-pyrrole nitrogens is 1. The number of carbonyl (C=O) groups excluding carboxylic acids is 2. The number of anilines is 1. The lowest BCUT2D eigenvalue weighted by molar-refractivity contribution is 0.0635. The highest BCUT2D eigenvalue weighted by molar-refractivity contribution is 6.30. The molecule has 1 aromatic heterocycles. The zero-order valence-electron chi connectivity index (χ0n) is 17.1. The fourth-order valence-corrected chi connectivity index (χ4v) is 2.96. The molecule has 0 fully saturated rings. The first-order valence-electron chi connectivity index (χ1n) is 9.41. The number of rotatable bonds is 4. The Morgan fingerprint density at radius 2 is 1.84 bits per heavy atom. The van der Waals surface area contributed by atoms with E-state index in [-0.39, 0.29) is 28.7 Å². The van der Waals surface area contributed by atoms with E-state index in [1.165, 1.54) is 6.07 Å². The summed E-state index contributed by atoms with van der Waals surface area (Å²) < 4.78 is 19.6. The van der Waals surface area contributed by atoms with Crippen molar-refractivity contribution in [3.8, 4) is 0 Å². The van der Waals surface area contributed by atoms with Crippen LogP contribution in [0.1, 0.15) is 36.7 Å². The molecule has 1 heterocycles. The smallest absolute Gasteiger partial charge is 0.412 e. The first kappa shape index (κ1) is 22.3. The van der Waals surface area contributed by atoms with Crippen LogP contribution in [0.2, 0.25) is 5.02 Å². The third-order valence-corrected chi connectivity index (χ3v) is 4.45. The summed E-state index contributed by atoms with van der Waals surface area (Å²) in [5, 5.41) is 5.53. The van der Waals surface area contributed by atoms with Crippen LogP contribution in [-0.2, 0) is 11.3 Å². The number of amides is 2. The number of ether oxygens (including phenoxy) is 1. The molecule has 0 aliphatic carbocycles. The van der Waals surface area contributed by atoms with Crippen molar-refractivity contribution in [2.45, 2.75) is 32.9 Å². The Labute approximate surface area is 182 Å². The molecule has 9 heteroatoms. The highest BCUT2D eigenvalue weighted by Gasteiger charge is 2.19. The normalized spacial score (nSPS) is 11.3. The Morgan fingerprint density at radius 3 is 2.48 bits per heavy atom. The zero-order valence-corrected chi connectivity index (χ0v) is 17.9. The molecule has 31 heavy (non-hydrogen) atoms. The number of hydrogen-bond acceptors (Lipinski definition) is 4. The maximum Gasteiger partial charge on any atom is 0.412 e. The van der Waals surface area contributed by atoms with E-state index in [1.54, 1.807) is 45.0 Å². The lowest BCUT2D eigenvalue weighted by Crippen LogP contribution is -2.29. The van der Waals surface area contributed by atoms with Crippen LogP contribution in [0, 0.1) is 5.82 Å². The van der Waals surface area contributed by atoms with Crippen LogP contribution in [0.15, 0.2) is 47.4 Å². The molecule has 162 valence electrons. The van der Waals surface area contributed by atoms with Crippen LogP contribution in [0.5, 0.6) is 0 Å². The average molecular weight is 446 g/mol. The van der Waals surface area contributed by atoms with Gasteiger partial charge in [-0.2, -0.15) is 0 Å². The molecular weight excluding hydrogens is 425 g/mol. The third-order valence-electron chi connectivity index (χ3n) is 4.20. The van der Waals surface area contributed by atoms with Gasteiger partial charge in [0.1, 0.15) is 17.0 Å². The minimum absolute atomic E-state index is 0.0310. The molecule has 0 aliphatic rings. The maximum atomic E-state index is 14.5. The molecule has 7 nitrogen and oxygen atoms in total. The number of halogens is 2. The first-order chi connectivity index (χ1) is 14.5. The maximum absolute atomic E-state index is 14.5. The van der Waals surface area contributed by atoms with E-state index in [0.29, 0.717) is 5.02 Å². The minimum Gasteiger partial charge on any atom is -0.444 e. The molecule has 0 bridgehead atoms. The van der Waals surface area contributed by atoms with Gasteiger partial charge in [0.15, 0.2) is 0 Å². The fourth-order valence-electron chi connectivity index (χ4n) is 2.83. The summed E-state index contributed by atoms with van der Waals surface area (Å²) in [7, 11) is 0. The molecule has 3 rings (SSSR count). The highest BCUT2D eigenvalue weighted by atomic mass is 35.5. The van der Waals surface area contributed by atoms with Crippen LogP contribution in [0.25, 0.3) is 10.9 Å². The molecule has 0 atom stereocenters. The van der Waals surface area contributed by atoms with Gasteiger partial charge in [0.2, 0.25) is 5.43 Å². The van der Waals surface area contributed by atoms with Crippen LogP contribution in [0.3, 0.4) is 0 Å². The summed E-state index contributed by atoms with van der Waals surface area (Å²) in [5.41, 5.74) is -0.849. The number of aromatic nitrogens is 1. The van der Waals surface area contributed by atoms with Gasteiger partial charge in [0.25, 0.3) is 5.91 Å². The van der Waals surface area contributed by atoms with E-state index in [0.717, 1.165) is 17.8 Å². The van der Waals surface area contributed by atoms with Crippen LogP contribution < -0.4 is 16.1 Å². The van der Waals surface area contributed by atoms with Gasteiger partial charge in [0, 0.05) is 23.5 Å². The van der Waals surface area contributed by atoms with Crippen molar-refractivity contribution in [1.82, 2.24) is 10.3 Å². The largest absolute Gasteiger partial charge is 0.444 e. The van der Waals surface area contributed by atoms with E-state index >= 15 is 0 Å². The number of carbonyl (C=O) groups is 2. The van der Waals surface area contributed by atoms with Crippen LogP contribution in [0.4, 0.5) is 14.9 Å². The van der Waals surface area contributed by atoms with Crippen molar-refractivity contribution >= 4 is 40.2 Å². The van der Waals surface area contributed by atoms with Crippen molar-refractivity contribution in [3.05, 3.63) is 74.8 Å². The predicted molar refractivity (Wildman–Crippen MR) is 117 cm³/mol. The summed E-state index contributed by atoms with van der Waals surface area (Å²) in [5.74, 6) is -1.38. The molecule has 2 aromatic carbocycles. The van der Waals surface area contributed by atoms with Gasteiger partial charge < -0.3 is 15.0 Å². The van der Waals surface area contributed by atoms with Gasteiger partial charge in [-0.25, -0.2) is 9.18 Å². The minimum atomic E-state index is -0.792. The Bertz CT molecular complexity index is 1200. The number of hydrogen-bond donors (Lipinski definition) is 3.